The summed E-state index contributed by atoms with van der Waals surface area (Å²) in [6.45, 7) is 5.31. The lowest BCUT2D eigenvalue weighted by atomic mass is 10.1. The fraction of sp³-hybridized carbons (Fsp3) is 0.538. The van der Waals surface area contributed by atoms with E-state index in [1.54, 1.807) is 0 Å². The molecule has 1 rings (SSSR count). The Morgan fingerprint density at radius 2 is 2.19 bits per heavy atom. The van der Waals surface area contributed by atoms with E-state index in [9.17, 15) is 0 Å². The van der Waals surface area contributed by atoms with Crippen LogP contribution in [-0.2, 0) is 6.54 Å². The van der Waals surface area contributed by atoms with Crippen LogP contribution in [0.15, 0.2) is 22.7 Å². The Labute approximate surface area is 112 Å². The largest absolute Gasteiger partial charge is 0.309 e. The van der Waals surface area contributed by atoms with Gasteiger partial charge >= 0.3 is 0 Å². The highest BCUT2D eigenvalue weighted by molar-refractivity contribution is 9.10. The molecule has 0 aliphatic rings. The Hall–Kier alpha value is 0.01000. The van der Waals surface area contributed by atoms with Crippen LogP contribution in [0.2, 0.25) is 0 Å². The van der Waals surface area contributed by atoms with Crippen molar-refractivity contribution in [3.05, 3.63) is 33.8 Å². The van der Waals surface area contributed by atoms with E-state index in [0.717, 1.165) is 6.54 Å². The number of halogens is 1. The van der Waals surface area contributed by atoms with Gasteiger partial charge in [0.2, 0.25) is 0 Å². The van der Waals surface area contributed by atoms with Crippen molar-refractivity contribution >= 4 is 27.7 Å². The van der Waals surface area contributed by atoms with Crippen LogP contribution in [0.25, 0.3) is 0 Å². The number of hydrogen-bond donors (Lipinski definition) is 1. The summed E-state index contributed by atoms with van der Waals surface area (Å²) in [7, 11) is 0. The van der Waals surface area contributed by atoms with Gasteiger partial charge in [0.05, 0.1) is 0 Å². The third-order valence-electron chi connectivity index (χ3n) is 2.69. The van der Waals surface area contributed by atoms with E-state index in [2.05, 4.69) is 59.5 Å². The quantitative estimate of drug-likeness (QED) is 0.853. The first-order valence-electron chi connectivity index (χ1n) is 5.64. The van der Waals surface area contributed by atoms with E-state index in [4.69, 9.17) is 0 Å². The Kier molecular flexibility index (Phi) is 6.47. The fourth-order valence-electron chi connectivity index (χ4n) is 1.53. The summed E-state index contributed by atoms with van der Waals surface area (Å²) in [6, 6.07) is 7.18. The van der Waals surface area contributed by atoms with Gasteiger partial charge in [-0.3, -0.25) is 0 Å². The molecule has 3 heteroatoms. The van der Waals surface area contributed by atoms with Crippen LogP contribution in [0.4, 0.5) is 0 Å². The van der Waals surface area contributed by atoms with Gasteiger partial charge in [0.15, 0.2) is 0 Å². The first kappa shape index (κ1) is 14.1. The molecule has 16 heavy (non-hydrogen) atoms. The van der Waals surface area contributed by atoms with Gasteiger partial charge < -0.3 is 5.32 Å². The summed E-state index contributed by atoms with van der Waals surface area (Å²) in [5.74, 6) is 1.18. The summed E-state index contributed by atoms with van der Waals surface area (Å²) >= 11 is 5.47. The molecule has 0 saturated heterocycles. The van der Waals surface area contributed by atoms with Crippen LogP contribution in [0.5, 0.6) is 0 Å². The van der Waals surface area contributed by atoms with Crippen LogP contribution in [0.1, 0.15) is 24.5 Å². The lowest BCUT2D eigenvalue weighted by molar-refractivity contribution is 0.541. The smallest absolute Gasteiger partial charge is 0.0208 e. The molecule has 1 N–H and O–H groups in total. The highest BCUT2D eigenvalue weighted by Crippen LogP contribution is 2.17. The molecule has 0 aromatic heterocycles. The van der Waals surface area contributed by atoms with Crippen molar-refractivity contribution < 1.29 is 0 Å². The Balaban J connectivity index is 2.50. The first-order chi connectivity index (χ1) is 7.67. The van der Waals surface area contributed by atoms with Gasteiger partial charge in [0, 0.05) is 22.8 Å². The predicted molar refractivity (Wildman–Crippen MR) is 78.2 cm³/mol. The number of thioether (sulfide) groups is 1. The van der Waals surface area contributed by atoms with E-state index in [1.807, 2.05) is 11.8 Å². The summed E-state index contributed by atoms with van der Waals surface area (Å²) in [5.41, 5.74) is 2.64. The SMILES string of the molecule is CCC(CSC)NCc1ccc(C)c(Br)c1. The van der Waals surface area contributed by atoms with E-state index in [1.165, 1.54) is 27.8 Å². The van der Waals surface area contributed by atoms with E-state index >= 15 is 0 Å². The third-order valence-corrected chi connectivity index (χ3v) is 4.28. The molecule has 0 radical (unpaired) electrons. The summed E-state index contributed by atoms with van der Waals surface area (Å²) in [5, 5.41) is 3.59. The van der Waals surface area contributed by atoms with Crippen LogP contribution in [0.3, 0.4) is 0 Å². The Morgan fingerprint density at radius 3 is 2.75 bits per heavy atom. The zero-order valence-electron chi connectivity index (χ0n) is 10.2. The molecule has 0 saturated carbocycles. The molecule has 0 amide bonds. The minimum atomic E-state index is 0.620. The van der Waals surface area contributed by atoms with Crippen molar-refractivity contribution in [2.24, 2.45) is 0 Å². The molecule has 1 unspecified atom stereocenters. The summed E-state index contributed by atoms with van der Waals surface area (Å²) < 4.78 is 1.20. The zero-order chi connectivity index (χ0) is 12.0. The maximum Gasteiger partial charge on any atom is 0.0208 e. The predicted octanol–water partition coefficient (Wildman–Crippen LogP) is 3.99. The van der Waals surface area contributed by atoms with Crippen molar-refractivity contribution in [2.75, 3.05) is 12.0 Å². The second-order valence-corrected chi connectivity index (χ2v) is 5.79. The minimum Gasteiger partial charge on any atom is -0.309 e. The maximum atomic E-state index is 3.59. The van der Waals surface area contributed by atoms with E-state index in [0.29, 0.717) is 6.04 Å². The number of nitrogens with one attached hydrogen (secondary N) is 1. The van der Waals surface area contributed by atoms with Crippen molar-refractivity contribution in [1.29, 1.82) is 0 Å². The highest BCUT2D eigenvalue weighted by atomic mass is 79.9. The van der Waals surface area contributed by atoms with Crippen molar-refractivity contribution in [2.45, 2.75) is 32.9 Å². The van der Waals surface area contributed by atoms with Gasteiger partial charge in [-0.05, 0) is 36.8 Å². The van der Waals surface area contributed by atoms with Gasteiger partial charge in [0.25, 0.3) is 0 Å². The first-order valence-corrected chi connectivity index (χ1v) is 7.83. The minimum absolute atomic E-state index is 0.620. The molecule has 1 nitrogen and oxygen atoms in total. The van der Waals surface area contributed by atoms with E-state index < -0.39 is 0 Å². The van der Waals surface area contributed by atoms with Crippen LogP contribution < -0.4 is 5.32 Å². The third kappa shape index (κ3) is 4.48. The van der Waals surface area contributed by atoms with Crippen LogP contribution >= 0.6 is 27.7 Å². The van der Waals surface area contributed by atoms with Crippen molar-refractivity contribution in [1.82, 2.24) is 5.32 Å². The topological polar surface area (TPSA) is 12.0 Å². The normalized spacial score (nSPS) is 12.8. The molecule has 0 aliphatic carbocycles. The Morgan fingerprint density at radius 1 is 1.44 bits per heavy atom. The molecule has 0 spiro atoms. The summed E-state index contributed by atoms with van der Waals surface area (Å²) in [6.07, 6.45) is 3.35. The number of benzene rings is 1. The number of rotatable bonds is 6. The lowest BCUT2D eigenvalue weighted by Crippen LogP contribution is -2.30. The maximum absolute atomic E-state index is 3.59. The molecule has 0 aliphatic heterocycles. The average molecular weight is 302 g/mol. The number of hydrogen-bond acceptors (Lipinski definition) is 2. The molecule has 90 valence electrons. The fourth-order valence-corrected chi connectivity index (χ4v) is 2.71. The van der Waals surface area contributed by atoms with E-state index in [-0.39, 0.29) is 0 Å². The molecular weight excluding hydrogens is 282 g/mol. The standard InChI is InChI=1S/C13H20BrNS/c1-4-12(9-16-3)15-8-11-6-5-10(2)13(14)7-11/h5-7,12,15H,4,8-9H2,1-3H3. The van der Waals surface area contributed by atoms with Gasteiger partial charge in [-0.15, -0.1) is 0 Å². The molecule has 1 aromatic rings. The zero-order valence-corrected chi connectivity index (χ0v) is 12.6. The average Bonchev–Trinajstić information content (AvgIpc) is 2.28. The second-order valence-electron chi connectivity index (χ2n) is 4.02. The highest BCUT2D eigenvalue weighted by Gasteiger charge is 2.04. The van der Waals surface area contributed by atoms with Gasteiger partial charge in [-0.25, -0.2) is 0 Å². The molecule has 0 fully saturated rings. The van der Waals surface area contributed by atoms with Crippen molar-refractivity contribution in [3.63, 3.8) is 0 Å². The van der Waals surface area contributed by atoms with Gasteiger partial charge in [-0.2, -0.15) is 11.8 Å². The monoisotopic (exact) mass is 301 g/mol. The second kappa shape index (κ2) is 7.36. The molecular formula is C13H20BrNS. The van der Waals surface area contributed by atoms with Gasteiger partial charge in [-0.1, -0.05) is 35.0 Å². The lowest BCUT2D eigenvalue weighted by Gasteiger charge is -2.16. The summed E-state index contributed by atoms with van der Waals surface area (Å²) in [4.78, 5) is 0. The molecule has 1 aromatic carbocycles. The molecule has 0 bridgehead atoms. The van der Waals surface area contributed by atoms with Crippen molar-refractivity contribution in [3.8, 4) is 0 Å². The molecule has 1 atom stereocenters. The molecule has 0 heterocycles. The van der Waals surface area contributed by atoms with Crippen LogP contribution in [-0.4, -0.2) is 18.1 Å². The number of aryl methyl sites for hydroxylation is 1. The van der Waals surface area contributed by atoms with Gasteiger partial charge in [0.1, 0.15) is 0 Å². The van der Waals surface area contributed by atoms with Crippen LogP contribution in [0, 0.1) is 6.92 Å². The Bertz CT molecular complexity index is 328.